The fourth-order valence-electron chi connectivity index (χ4n) is 1.47. The van der Waals surface area contributed by atoms with Crippen molar-refractivity contribution < 1.29 is 9.34 Å². The van der Waals surface area contributed by atoms with Crippen LogP contribution in [-0.2, 0) is 0 Å². The molecule has 7 nitrogen and oxygen atoms in total. The average molecular weight is 294 g/mol. The maximum Gasteiger partial charge on any atom is 0.320 e. The Morgan fingerprint density at radius 2 is 2.35 bits per heavy atom. The highest BCUT2D eigenvalue weighted by Crippen LogP contribution is 2.35. The van der Waals surface area contributed by atoms with Gasteiger partial charge in [0.05, 0.1) is 16.1 Å². The first kappa shape index (κ1) is 14.3. The van der Waals surface area contributed by atoms with Crippen molar-refractivity contribution >= 4 is 23.4 Å². The van der Waals surface area contributed by atoms with Gasteiger partial charge in [0.25, 0.3) is 0 Å². The van der Waals surface area contributed by atoms with Crippen LogP contribution in [-0.4, -0.2) is 21.4 Å². The van der Waals surface area contributed by atoms with Crippen molar-refractivity contribution in [2.45, 2.75) is 30.2 Å². The SMILES string of the molecule is CCCNc1ncc([N+](=O)[O-])c(Sc2ccoc2C)n1. The van der Waals surface area contributed by atoms with Crippen LogP contribution in [0.15, 0.2) is 32.9 Å². The van der Waals surface area contributed by atoms with Crippen LogP contribution in [0.1, 0.15) is 19.1 Å². The molecule has 8 heteroatoms. The van der Waals surface area contributed by atoms with Crippen LogP contribution < -0.4 is 5.32 Å². The lowest BCUT2D eigenvalue weighted by molar-refractivity contribution is -0.388. The molecular weight excluding hydrogens is 280 g/mol. The van der Waals surface area contributed by atoms with E-state index in [-0.39, 0.29) is 5.69 Å². The second-order valence-corrected chi connectivity index (χ2v) is 5.04. The standard InChI is InChI=1S/C12H14N4O3S/c1-3-5-13-12-14-7-9(16(17)18)11(15-12)20-10-4-6-19-8(10)2/h4,6-7H,3,5H2,1-2H3,(H,13,14,15). The molecule has 1 N–H and O–H groups in total. The maximum absolute atomic E-state index is 11.0. The number of hydrogen-bond donors (Lipinski definition) is 1. The molecule has 0 aromatic carbocycles. The molecular formula is C12H14N4O3S. The number of anilines is 1. The van der Waals surface area contributed by atoms with Gasteiger partial charge in [-0.1, -0.05) is 18.7 Å². The van der Waals surface area contributed by atoms with Gasteiger partial charge in [-0.25, -0.2) is 4.98 Å². The normalized spacial score (nSPS) is 10.5. The molecule has 0 radical (unpaired) electrons. The summed E-state index contributed by atoms with van der Waals surface area (Å²) in [5, 5.41) is 14.3. The Labute approximate surface area is 120 Å². The third-order valence-corrected chi connectivity index (χ3v) is 3.62. The van der Waals surface area contributed by atoms with Gasteiger partial charge in [0, 0.05) is 6.54 Å². The number of aryl methyl sites for hydroxylation is 1. The molecule has 0 amide bonds. The summed E-state index contributed by atoms with van der Waals surface area (Å²) in [7, 11) is 0. The van der Waals surface area contributed by atoms with Gasteiger partial charge in [0.1, 0.15) is 12.0 Å². The molecule has 0 spiro atoms. The van der Waals surface area contributed by atoms with Gasteiger partial charge in [-0.05, 0) is 19.4 Å². The molecule has 0 atom stereocenters. The monoisotopic (exact) mass is 294 g/mol. The predicted octanol–water partition coefficient (Wildman–Crippen LogP) is 3.26. The van der Waals surface area contributed by atoms with E-state index in [1.807, 2.05) is 6.92 Å². The molecule has 0 bridgehead atoms. The van der Waals surface area contributed by atoms with Crippen LogP contribution in [0.4, 0.5) is 11.6 Å². The molecule has 0 fully saturated rings. The lowest BCUT2D eigenvalue weighted by atomic mass is 10.5. The average Bonchev–Trinajstić information content (AvgIpc) is 2.82. The third kappa shape index (κ3) is 3.27. The van der Waals surface area contributed by atoms with Crippen LogP contribution >= 0.6 is 11.8 Å². The van der Waals surface area contributed by atoms with Gasteiger partial charge in [-0.15, -0.1) is 0 Å². The summed E-state index contributed by atoms with van der Waals surface area (Å²) in [6.45, 7) is 4.53. The molecule has 2 rings (SSSR count). The Hall–Kier alpha value is -2.09. The zero-order chi connectivity index (χ0) is 14.5. The van der Waals surface area contributed by atoms with E-state index >= 15 is 0 Å². The van der Waals surface area contributed by atoms with E-state index in [1.165, 1.54) is 18.0 Å². The Morgan fingerprint density at radius 1 is 1.55 bits per heavy atom. The highest BCUT2D eigenvalue weighted by atomic mass is 32.2. The van der Waals surface area contributed by atoms with E-state index in [0.717, 1.165) is 11.3 Å². The van der Waals surface area contributed by atoms with Crippen LogP contribution in [0.25, 0.3) is 0 Å². The molecule has 0 aliphatic carbocycles. The fourth-order valence-corrected chi connectivity index (χ4v) is 2.35. The molecule has 2 aromatic rings. The van der Waals surface area contributed by atoms with Gasteiger partial charge in [0.15, 0.2) is 5.03 Å². The van der Waals surface area contributed by atoms with Crippen LogP contribution in [0.2, 0.25) is 0 Å². The smallest absolute Gasteiger partial charge is 0.320 e. The van der Waals surface area contributed by atoms with Crippen molar-refractivity contribution in [1.29, 1.82) is 0 Å². The van der Waals surface area contributed by atoms with E-state index in [1.54, 1.807) is 19.3 Å². The number of nitro groups is 1. The first-order valence-corrected chi connectivity index (χ1v) is 6.90. The van der Waals surface area contributed by atoms with Crippen LogP contribution in [0.5, 0.6) is 0 Å². The van der Waals surface area contributed by atoms with E-state index in [2.05, 4.69) is 15.3 Å². The predicted molar refractivity (Wildman–Crippen MR) is 75.0 cm³/mol. The van der Waals surface area contributed by atoms with Crippen LogP contribution in [0.3, 0.4) is 0 Å². The maximum atomic E-state index is 11.0. The number of furan rings is 1. The van der Waals surface area contributed by atoms with Gasteiger partial charge in [-0.2, -0.15) is 4.98 Å². The fraction of sp³-hybridized carbons (Fsp3) is 0.333. The summed E-state index contributed by atoms with van der Waals surface area (Å²) in [5.41, 5.74) is -0.113. The minimum Gasteiger partial charge on any atom is -0.468 e. The second kappa shape index (κ2) is 6.38. The van der Waals surface area contributed by atoms with Crippen LogP contribution in [0, 0.1) is 17.0 Å². The molecule has 106 valence electrons. The Morgan fingerprint density at radius 3 is 2.95 bits per heavy atom. The van der Waals surface area contributed by atoms with Crippen molar-refractivity contribution in [2.75, 3.05) is 11.9 Å². The molecule has 2 aromatic heterocycles. The van der Waals surface area contributed by atoms with Gasteiger partial charge in [-0.3, -0.25) is 10.1 Å². The Kier molecular flexibility index (Phi) is 4.57. The van der Waals surface area contributed by atoms with Gasteiger partial charge < -0.3 is 9.73 Å². The molecule has 2 heterocycles. The largest absolute Gasteiger partial charge is 0.468 e. The molecule has 0 saturated heterocycles. The number of nitrogens with zero attached hydrogens (tertiary/aromatic N) is 3. The van der Waals surface area contributed by atoms with Gasteiger partial charge >= 0.3 is 5.69 Å². The summed E-state index contributed by atoms with van der Waals surface area (Å²) < 4.78 is 5.18. The summed E-state index contributed by atoms with van der Waals surface area (Å²) >= 11 is 1.20. The van der Waals surface area contributed by atoms with Crippen molar-refractivity contribution in [1.82, 2.24) is 9.97 Å². The first-order chi connectivity index (χ1) is 9.61. The van der Waals surface area contributed by atoms with Crippen molar-refractivity contribution in [3.63, 3.8) is 0 Å². The summed E-state index contributed by atoms with van der Waals surface area (Å²) in [5.74, 6) is 1.09. The first-order valence-electron chi connectivity index (χ1n) is 6.09. The quantitative estimate of drug-likeness (QED) is 0.496. The summed E-state index contributed by atoms with van der Waals surface area (Å²) in [4.78, 5) is 19.5. The molecule has 0 aliphatic rings. The molecule has 20 heavy (non-hydrogen) atoms. The van der Waals surface area contributed by atoms with Gasteiger partial charge in [0.2, 0.25) is 5.95 Å². The minimum atomic E-state index is -0.485. The molecule has 0 saturated carbocycles. The minimum absolute atomic E-state index is 0.113. The van der Waals surface area contributed by atoms with E-state index in [0.29, 0.717) is 23.3 Å². The topological polar surface area (TPSA) is 94.1 Å². The number of hydrogen-bond acceptors (Lipinski definition) is 7. The third-order valence-electron chi connectivity index (χ3n) is 2.48. The lowest BCUT2D eigenvalue weighted by Gasteiger charge is -2.05. The summed E-state index contributed by atoms with van der Waals surface area (Å²) in [6.07, 6.45) is 3.69. The van der Waals surface area contributed by atoms with Crippen molar-refractivity contribution in [3.05, 3.63) is 34.4 Å². The van der Waals surface area contributed by atoms with E-state index in [4.69, 9.17) is 4.42 Å². The highest BCUT2D eigenvalue weighted by Gasteiger charge is 2.19. The van der Waals surface area contributed by atoms with E-state index < -0.39 is 4.92 Å². The Bertz CT molecular complexity index is 614. The van der Waals surface area contributed by atoms with Crippen molar-refractivity contribution in [2.24, 2.45) is 0 Å². The number of rotatable bonds is 6. The highest BCUT2D eigenvalue weighted by molar-refractivity contribution is 7.99. The Balaban J connectivity index is 2.31. The number of nitrogens with one attached hydrogen (secondary N) is 1. The number of aromatic nitrogens is 2. The van der Waals surface area contributed by atoms with E-state index in [9.17, 15) is 10.1 Å². The molecule has 0 aliphatic heterocycles. The summed E-state index contributed by atoms with van der Waals surface area (Å²) in [6, 6.07) is 1.75. The molecule has 0 unspecified atom stereocenters. The second-order valence-electron chi connectivity index (χ2n) is 4.01. The zero-order valence-corrected chi connectivity index (χ0v) is 11.9. The lowest BCUT2D eigenvalue weighted by Crippen LogP contribution is -2.06. The van der Waals surface area contributed by atoms with Crippen molar-refractivity contribution in [3.8, 4) is 0 Å². The zero-order valence-electron chi connectivity index (χ0n) is 11.1.